The Morgan fingerprint density at radius 2 is 2.03 bits per heavy atom. The molecule has 1 saturated carbocycles. The molecule has 1 N–H and O–H groups in total. The Balaban J connectivity index is 1.54. The van der Waals surface area contributed by atoms with Gasteiger partial charge in [-0.05, 0) is 37.8 Å². The topological polar surface area (TPSA) is 109 Å². The van der Waals surface area contributed by atoms with Gasteiger partial charge >= 0.3 is 12.0 Å². The van der Waals surface area contributed by atoms with Gasteiger partial charge in [0.25, 0.3) is 5.91 Å². The molecule has 0 radical (unpaired) electrons. The van der Waals surface area contributed by atoms with Crippen molar-refractivity contribution in [2.45, 2.75) is 64.0 Å². The number of aromatic nitrogens is 1. The third kappa shape index (κ3) is 5.59. The molecule has 1 aliphatic heterocycles. The fourth-order valence-corrected chi connectivity index (χ4v) is 4.21. The van der Waals surface area contributed by atoms with Crippen LogP contribution in [0.5, 0.6) is 0 Å². The number of nitrogens with zero attached hydrogens (tertiary/aromatic N) is 3. The van der Waals surface area contributed by atoms with Crippen molar-refractivity contribution >= 4 is 23.8 Å². The van der Waals surface area contributed by atoms with E-state index in [4.69, 9.17) is 4.74 Å². The van der Waals surface area contributed by atoms with Gasteiger partial charge in [-0.2, -0.15) is 0 Å². The number of rotatable bonds is 10. The van der Waals surface area contributed by atoms with Gasteiger partial charge in [-0.1, -0.05) is 18.9 Å². The predicted octanol–water partition coefficient (Wildman–Crippen LogP) is 2.01. The van der Waals surface area contributed by atoms with Gasteiger partial charge in [-0.3, -0.25) is 24.3 Å². The van der Waals surface area contributed by atoms with Crippen molar-refractivity contribution in [2.75, 3.05) is 19.7 Å². The fraction of sp³-hybridized carbons (Fsp3) is 0.591. The first-order chi connectivity index (χ1) is 14.9. The highest BCUT2D eigenvalue weighted by Crippen LogP contribution is 2.35. The van der Waals surface area contributed by atoms with Crippen LogP contribution in [0.15, 0.2) is 24.5 Å². The molecule has 1 aromatic heterocycles. The van der Waals surface area contributed by atoms with Crippen LogP contribution in [0.25, 0.3) is 0 Å². The molecule has 1 aromatic rings. The van der Waals surface area contributed by atoms with Crippen LogP contribution in [-0.2, 0) is 25.7 Å². The summed E-state index contributed by atoms with van der Waals surface area (Å²) in [6, 6.07) is 3.29. The minimum absolute atomic E-state index is 0.107. The van der Waals surface area contributed by atoms with E-state index in [-0.39, 0.29) is 49.7 Å². The van der Waals surface area contributed by atoms with Crippen LogP contribution in [0, 0.1) is 0 Å². The standard InChI is InChI=1S/C22H30N4O5/c1-2-31-19(28)9-14-25(16-17-7-5-12-23-15-17)18(27)8-6-13-26-20(29)22(24-21(26)30)10-3-4-11-22/h5,7,12,15H,2-4,6,8-11,13-14,16H2,1H3,(H,24,30). The van der Waals surface area contributed by atoms with Crippen LogP contribution >= 0.6 is 0 Å². The SMILES string of the molecule is CCOC(=O)CCN(Cc1cccnc1)C(=O)CCCN1C(=O)NC2(CCCC2)C1=O. The fourth-order valence-electron chi connectivity index (χ4n) is 4.21. The average molecular weight is 431 g/mol. The van der Waals surface area contributed by atoms with Gasteiger partial charge in [0.15, 0.2) is 0 Å². The van der Waals surface area contributed by atoms with E-state index < -0.39 is 5.54 Å². The number of pyridine rings is 1. The summed E-state index contributed by atoms with van der Waals surface area (Å²) < 4.78 is 4.96. The summed E-state index contributed by atoms with van der Waals surface area (Å²) in [5, 5.41) is 2.85. The van der Waals surface area contributed by atoms with E-state index in [1.165, 1.54) is 4.90 Å². The van der Waals surface area contributed by atoms with Crippen molar-refractivity contribution < 1.29 is 23.9 Å². The first kappa shape index (κ1) is 22.7. The second-order valence-electron chi connectivity index (χ2n) is 8.01. The average Bonchev–Trinajstić information content (AvgIpc) is 3.32. The zero-order chi connectivity index (χ0) is 22.3. The van der Waals surface area contributed by atoms with E-state index in [2.05, 4.69) is 10.3 Å². The molecule has 9 heteroatoms. The van der Waals surface area contributed by atoms with Gasteiger partial charge < -0.3 is 15.0 Å². The molecule has 1 aliphatic carbocycles. The molecule has 1 saturated heterocycles. The molecule has 1 spiro atoms. The smallest absolute Gasteiger partial charge is 0.325 e. The van der Waals surface area contributed by atoms with Crippen molar-refractivity contribution in [3.05, 3.63) is 30.1 Å². The molecule has 4 amide bonds. The van der Waals surface area contributed by atoms with Crippen molar-refractivity contribution in [2.24, 2.45) is 0 Å². The predicted molar refractivity (Wildman–Crippen MR) is 112 cm³/mol. The summed E-state index contributed by atoms with van der Waals surface area (Å²) in [7, 11) is 0. The number of urea groups is 1. The Labute approximate surface area is 182 Å². The largest absolute Gasteiger partial charge is 0.466 e. The lowest BCUT2D eigenvalue weighted by atomic mass is 9.98. The molecule has 168 valence electrons. The number of esters is 1. The molecular weight excluding hydrogens is 400 g/mol. The van der Waals surface area contributed by atoms with Gasteiger partial charge in [0.2, 0.25) is 5.91 Å². The number of hydrogen-bond acceptors (Lipinski definition) is 6. The number of ether oxygens (including phenoxy) is 1. The maximum atomic E-state index is 12.9. The Bertz CT molecular complexity index is 807. The van der Waals surface area contributed by atoms with E-state index in [9.17, 15) is 19.2 Å². The first-order valence-corrected chi connectivity index (χ1v) is 10.9. The third-order valence-corrected chi connectivity index (χ3v) is 5.82. The summed E-state index contributed by atoms with van der Waals surface area (Å²) in [5.41, 5.74) is 0.129. The number of nitrogens with one attached hydrogen (secondary N) is 1. The van der Waals surface area contributed by atoms with Crippen LogP contribution in [0.2, 0.25) is 0 Å². The molecule has 0 unspecified atom stereocenters. The van der Waals surface area contributed by atoms with Crippen LogP contribution in [-0.4, -0.2) is 63.8 Å². The Kier molecular flexibility index (Phi) is 7.59. The maximum Gasteiger partial charge on any atom is 0.325 e. The lowest BCUT2D eigenvalue weighted by Gasteiger charge is -2.23. The van der Waals surface area contributed by atoms with Gasteiger partial charge in [0.1, 0.15) is 5.54 Å². The molecule has 2 fully saturated rings. The van der Waals surface area contributed by atoms with Crippen molar-refractivity contribution in [1.82, 2.24) is 20.1 Å². The van der Waals surface area contributed by atoms with Crippen molar-refractivity contribution in [3.8, 4) is 0 Å². The third-order valence-electron chi connectivity index (χ3n) is 5.82. The molecule has 0 atom stereocenters. The summed E-state index contributed by atoms with van der Waals surface area (Å²) in [5.74, 6) is -0.666. The highest BCUT2D eigenvalue weighted by atomic mass is 16.5. The minimum Gasteiger partial charge on any atom is -0.466 e. The van der Waals surface area contributed by atoms with E-state index in [0.717, 1.165) is 18.4 Å². The van der Waals surface area contributed by atoms with E-state index in [1.807, 2.05) is 6.07 Å². The highest BCUT2D eigenvalue weighted by Gasteiger charge is 2.52. The van der Waals surface area contributed by atoms with E-state index >= 15 is 0 Å². The number of carbonyl (C=O) groups is 4. The Hall–Kier alpha value is -2.97. The monoisotopic (exact) mass is 430 g/mol. The maximum absolute atomic E-state index is 12.9. The van der Waals surface area contributed by atoms with Gasteiger partial charge in [-0.15, -0.1) is 0 Å². The zero-order valence-electron chi connectivity index (χ0n) is 18.0. The summed E-state index contributed by atoms with van der Waals surface area (Å²) >= 11 is 0. The number of amides is 4. The molecule has 31 heavy (non-hydrogen) atoms. The summed E-state index contributed by atoms with van der Waals surface area (Å²) in [6.45, 7) is 2.80. The number of carbonyl (C=O) groups excluding carboxylic acids is 4. The molecule has 2 aliphatic rings. The Morgan fingerprint density at radius 1 is 1.26 bits per heavy atom. The second kappa shape index (κ2) is 10.4. The molecule has 9 nitrogen and oxygen atoms in total. The lowest BCUT2D eigenvalue weighted by Crippen LogP contribution is -2.44. The normalized spacial score (nSPS) is 17.1. The van der Waals surface area contributed by atoms with Gasteiger partial charge in [0, 0.05) is 38.4 Å². The molecule has 0 aromatic carbocycles. The Morgan fingerprint density at radius 3 is 2.71 bits per heavy atom. The van der Waals surface area contributed by atoms with Crippen LogP contribution < -0.4 is 5.32 Å². The first-order valence-electron chi connectivity index (χ1n) is 10.9. The quantitative estimate of drug-likeness (QED) is 0.449. The number of imide groups is 1. The van der Waals surface area contributed by atoms with Gasteiger partial charge in [-0.25, -0.2) is 4.79 Å². The number of hydrogen-bond donors (Lipinski definition) is 1. The van der Waals surface area contributed by atoms with Gasteiger partial charge in [0.05, 0.1) is 13.0 Å². The zero-order valence-corrected chi connectivity index (χ0v) is 18.0. The molecular formula is C22H30N4O5. The van der Waals surface area contributed by atoms with Crippen molar-refractivity contribution in [3.63, 3.8) is 0 Å². The van der Waals surface area contributed by atoms with Crippen molar-refractivity contribution in [1.29, 1.82) is 0 Å². The minimum atomic E-state index is -0.729. The highest BCUT2D eigenvalue weighted by molar-refractivity contribution is 6.07. The van der Waals surface area contributed by atoms with E-state index in [1.54, 1.807) is 30.3 Å². The molecule has 3 rings (SSSR count). The molecule has 2 heterocycles. The molecule has 0 bridgehead atoms. The lowest BCUT2D eigenvalue weighted by molar-refractivity contribution is -0.144. The van der Waals surface area contributed by atoms with Crippen LogP contribution in [0.4, 0.5) is 4.79 Å². The van der Waals surface area contributed by atoms with Crippen LogP contribution in [0.1, 0.15) is 57.4 Å². The summed E-state index contributed by atoms with van der Waals surface area (Å²) in [6.07, 6.45) is 7.21. The second-order valence-corrected chi connectivity index (χ2v) is 8.01. The van der Waals surface area contributed by atoms with E-state index in [0.29, 0.717) is 32.4 Å². The van der Waals surface area contributed by atoms with Crippen LogP contribution in [0.3, 0.4) is 0 Å². The summed E-state index contributed by atoms with van der Waals surface area (Å²) in [4.78, 5) is 56.5.